The lowest BCUT2D eigenvalue weighted by molar-refractivity contribution is -0.115. The van der Waals surface area contributed by atoms with E-state index in [2.05, 4.69) is 15.4 Å². The second kappa shape index (κ2) is 4.90. The number of nitriles is 1. The van der Waals surface area contributed by atoms with Crippen molar-refractivity contribution in [2.45, 2.75) is 6.42 Å². The van der Waals surface area contributed by atoms with E-state index in [4.69, 9.17) is 5.26 Å². The van der Waals surface area contributed by atoms with Crippen LogP contribution in [-0.2, 0) is 4.79 Å². The molecule has 1 N–H and O–H groups in total. The Balaban J connectivity index is 2.12. The van der Waals surface area contributed by atoms with E-state index in [1.54, 1.807) is 41.5 Å². The van der Waals surface area contributed by atoms with Gasteiger partial charge in [0.15, 0.2) is 0 Å². The van der Waals surface area contributed by atoms with E-state index in [9.17, 15) is 4.79 Å². The Kier molecular flexibility index (Phi) is 3.12. The highest BCUT2D eigenvalue weighted by atomic mass is 16.1. The Morgan fingerprint density at radius 1 is 1.47 bits per heavy atom. The van der Waals surface area contributed by atoms with Gasteiger partial charge in [-0.05, 0) is 12.1 Å². The van der Waals surface area contributed by atoms with Crippen LogP contribution < -0.4 is 5.32 Å². The second-order valence-corrected chi connectivity index (χ2v) is 3.26. The molecule has 2 aromatic rings. The van der Waals surface area contributed by atoms with E-state index in [1.807, 2.05) is 0 Å². The van der Waals surface area contributed by atoms with Crippen LogP contribution in [0.25, 0.3) is 5.69 Å². The van der Waals surface area contributed by atoms with Crippen molar-refractivity contribution in [3.8, 4) is 11.8 Å². The van der Waals surface area contributed by atoms with Crippen molar-refractivity contribution in [3.05, 3.63) is 36.9 Å². The van der Waals surface area contributed by atoms with Crippen LogP contribution in [0.4, 0.5) is 5.69 Å². The van der Waals surface area contributed by atoms with E-state index in [0.717, 1.165) is 5.69 Å². The Morgan fingerprint density at radius 3 is 2.94 bits per heavy atom. The maximum absolute atomic E-state index is 11.2. The summed E-state index contributed by atoms with van der Waals surface area (Å²) in [6.45, 7) is 0. The monoisotopic (exact) mass is 227 g/mol. The number of nitrogens with one attached hydrogen (secondary N) is 1. The number of pyridine rings is 1. The van der Waals surface area contributed by atoms with Gasteiger partial charge in [-0.15, -0.1) is 0 Å². The highest BCUT2D eigenvalue weighted by Crippen LogP contribution is 2.10. The molecule has 0 saturated heterocycles. The van der Waals surface area contributed by atoms with Gasteiger partial charge in [0.1, 0.15) is 6.42 Å². The maximum atomic E-state index is 11.2. The lowest BCUT2D eigenvalue weighted by Gasteiger charge is -1.99. The fourth-order valence-electron chi connectivity index (χ4n) is 1.30. The van der Waals surface area contributed by atoms with Crippen LogP contribution in [-0.4, -0.2) is 20.7 Å². The van der Waals surface area contributed by atoms with Crippen molar-refractivity contribution in [2.24, 2.45) is 0 Å². The number of hydrogen-bond donors (Lipinski definition) is 1. The zero-order valence-electron chi connectivity index (χ0n) is 8.87. The summed E-state index contributed by atoms with van der Waals surface area (Å²) in [6.07, 6.45) is 6.34. The number of carbonyl (C=O) groups excluding carboxylic acids is 1. The highest BCUT2D eigenvalue weighted by molar-refractivity contribution is 5.91. The van der Waals surface area contributed by atoms with Gasteiger partial charge >= 0.3 is 0 Å². The predicted octanol–water partition coefficient (Wildman–Crippen LogP) is 1.12. The minimum Gasteiger partial charge on any atom is -0.323 e. The average Bonchev–Trinajstić information content (AvgIpc) is 2.79. The summed E-state index contributed by atoms with van der Waals surface area (Å²) >= 11 is 0. The topological polar surface area (TPSA) is 83.6 Å². The number of rotatable bonds is 3. The van der Waals surface area contributed by atoms with Crippen LogP contribution in [0.15, 0.2) is 36.9 Å². The third-order valence-electron chi connectivity index (χ3n) is 2.03. The minimum absolute atomic E-state index is 0.166. The number of anilines is 1. The van der Waals surface area contributed by atoms with Gasteiger partial charge in [0.05, 0.1) is 29.8 Å². The molecule has 0 aliphatic rings. The van der Waals surface area contributed by atoms with Crippen molar-refractivity contribution >= 4 is 11.6 Å². The molecule has 0 aliphatic heterocycles. The van der Waals surface area contributed by atoms with Crippen LogP contribution in [0.3, 0.4) is 0 Å². The van der Waals surface area contributed by atoms with E-state index in [-0.39, 0.29) is 12.3 Å². The molecule has 6 heteroatoms. The molecule has 84 valence electrons. The molecule has 1 amide bonds. The van der Waals surface area contributed by atoms with Gasteiger partial charge in [-0.25, -0.2) is 4.68 Å². The highest BCUT2D eigenvalue weighted by Gasteiger charge is 2.04. The van der Waals surface area contributed by atoms with E-state index < -0.39 is 0 Å². The first kappa shape index (κ1) is 10.8. The third-order valence-corrected chi connectivity index (χ3v) is 2.03. The maximum Gasteiger partial charge on any atom is 0.238 e. The summed E-state index contributed by atoms with van der Waals surface area (Å²) in [5.41, 5.74) is 1.41. The number of amides is 1. The van der Waals surface area contributed by atoms with Gasteiger partial charge in [0, 0.05) is 12.4 Å². The van der Waals surface area contributed by atoms with Gasteiger partial charge in [-0.1, -0.05) is 0 Å². The molecular formula is C11H9N5O. The lowest BCUT2D eigenvalue weighted by Crippen LogP contribution is -2.09. The van der Waals surface area contributed by atoms with Gasteiger partial charge in [0.25, 0.3) is 0 Å². The lowest BCUT2D eigenvalue weighted by atomic mass is 10.4. The predicted molar refractivity (Wildman–Crippen MR) is 60.2 cm³/mol. The van der Waals surface area contributed by atoms with Crippen LogP contribution in [0.2, 0.25) is 0 Å². The average molecular weight is 227 g/mol. The molecule has 0 fully saturated rings. The molecule has 17 heavy (non-hydrogen) atoms. The van der Waals surface area contributed by atoms with Crippen LogP contribution in [0.1, 0.15) is 6.42 Å². The SMILES string of the molecule is N#CCC(=O)Nc1cnn(-c2ccncc2)c1. The van der Waals surface area contributed by atoms with E-state index in [1.165, 1.54) is 6.20 Å². The number of hydrogen-bond acceptors (Lipinski definition) is 4. The van der Waals surface area contributed by atoms with Crippen molar-refractivity contribution < 1.29 is 4.79 Å². The van der Waals surface area contributed by atoms with Gasteiger partial charge in [-0.2, -0.15) is 10.4 Å². The quantitative estimate of drug-likeness (QED) is 0.851. The molecule has 0 spiro atoms. The molecule has 0 aliphatic carbocycles. The Morgan fingerprint density at radius 2 is 2.24 bits per heavy atom. The third kappa shape index (κ3) is 2.66. The van der Waals surface area contributed by atoms with Crippen LogP contribution in [0, 0.1) is 11.3 Å². The number of aromatic nitrogens is 3. The summed E-state index contributed by atoms with van der Waals surface area (Å²) in [6, 6.07) is 5.38. The summed E-state index contributed by atoms with van der Waals surface area (Å²) in [5.74, 6) is -0.346. The zero-order chi connectivity index (χ0) is 12.1. The second-order valence-electron chi connectivity index (χ2n) is 3.26. The Labute approximate surface area is 97.5 Å². The molecule has 0 atom stereocenters. The van der Waals surface area contributed by atoms with Gasteiger partial charge in [-0.3, -0.25) is 9.78 Å². The molecule has 0 unspecified atom stereocenters. The smallest absolute Gasteiger partial charge is 0.238 e. The van der Waals surface area contributed by atoms with Gasteiger partial charge in [0.2, 0.25) is 5.91 Å². The molecule has 2 heterocycles. The molecule has 2 rings (SSSR count). The molecule has 0 radical (unpaired) electrons. The van der Waals surface area contributed by atoms with Crippen LogP contribution in [0.5, 0.6) is 0 Å². The number of nitrogens with zero attached hydrogens (tertiary/aromatic N) is 4. The summed E-state index contributed by atoms with van der Waals surface area (Å²) in [4.78, 5) is 15.1. The summed E-state index contributed by atoms with van der Waals surface area (Å²) < 4.78 is 1.61. The Hall–Kier alpha value is -2.68. The van der Waals surface area contributed by atoms with Crippen LogP contribution >= 0.6 is 0 Å². The molecule has 0 bridgehead atoms. The Bertz CT molecular complexity index is 555. The normalized spacial score (nSPS) is 9.59. The first-order valence-corrected chi connectivity index (χ1v) is 4.91. The fourth-order valence-corrected chi connectivity index (χ4v) is 1.30. The standard InChI is InChI=1S/C11H9N5O/c12-4-1-11(17)15-9-7-14-16(8-9)10-2-5-13-6-3-10/h2-3,5-8H,1H2,(H,15,17). The largest absolute Gasteiger partial charge is 0.323 e. The van der Waals surface area contributed by atoms with Crippen molar-refractivity contribution in [1.82, 2.24) is 14.8 Å². The van der Waals surface area contributed by atoms with Crippen molar-refractivity contribution in [3.63, 3.8) is 0 Å². The molecule has 0 aromatic carbocycles. The summed E-state index contributed by atoms with van der Waals surface area (Å²) in [5, 5.41) is 15.0. The molecular weight excluding hydrogens is 218 g/mol. The van der Waals surface area contributed by atoms with Crippen molar-refractivity contribution in [2.75, 3.05) is 5.32 Å². The molecule has 2 aromatic heterocycles. The molecule has 0 saturated carbocycles. The van der Waals surface area contributed by atoms with E-state index in [0.29, 0.717) is 5.69 Å². The first-order valence-electron chi connectivity index (χ1n) is 4.91. The zero-order valence-corrected chi connectivity index (χ0v) is 8.87. The summed E-state index contributed by atoms with van der Waals surface area (Å²) in [7, 11) is 0. The number of carbonyl (C=O) groups is 1. The minimum atomic E-state index is -0.346. The van der Waals surface area contributed by atoms with Crippen molar-refractivity contribution in [1.29, 1.82) is 5.26 Å². The van der Waals surface area contributed by atoms with E-state index >= 15 is 0 Å². The molecule has 6 nitrogen and oxygen atoms in total. The first-order chi connectivity index (χ1) is 8.29. The fraction of sp³-hybridized carbons (Fsp3) is 0.0909. The van der Waals surface area contributed by atoms with Gasteiger partial charge < -0.3 is 5.32 Å².